The van der Waals surface area contributed by atoms with Gasteiger partial charge in [0.2, 0.25) is 0 Å². The number of likely N-dealkylation sites (N-methyl/N-ethyl adjacent to an activating group) is 1. The van der Waals surface area contributed by atoms with Crippen LogP contribution in [-0.2, 0) is 0 Å². The minimum absolute atomic E-state index is 0.314. The number of rotatable bonds is 7. The molecule has 0 saturated carbocycles. The molecule has 0 N–H and O–H groups in total. The highest BCUT2D eigenvalue weighted by atomic mass is 79.9. The Morgan fingerprint density at radius 2 is 1.68 bits per heavy atom. The van der Waals surface area contributed by atoms with Gasteiger partial charge in [-0.1, -0.05) is 42.6 Å². The van der Waals surface area contributed by atoms with E-state index in [9.17, 15) is 0 Å². The summed E-state index contributed by atoms with van der Waals surface area (Å²) in [6, 6.07) is 0. The molecule has 0 spiro atoms. The lowest BCUT2D eigenvalue weighted by Crippen LogP contribution is -2.59. The summed E-state index contributed by atoms with van der Waals surface area (Å²) in [6.45, 7) is 14.3. The first kappa shape index (κ1) is 17.5. The minimum Gasteiger partial charge on any atom is -0.300 e. The number of halogens is 1. The van der Waals surface area contributed by atoms with Crippen LogP contribution >= 0.6 is 15.9 Å². The van der Waals surface area contributed by atoms with Gasteiger partial charge in [0.25, 0.3) is 0 Å². The van der Waals surface area contributed by atoms with Gasteiger partial charge in [0, 0.05) is 37.0 Å². The second-order valence-corrected chi connectivity index (χ2v) is 7.64. The molecule has 1 heterocycles. The lowest BCUT2D eigenvalue weighted by molar-refractivity contribution is 0.0163. The summed E-state index contributed by atoms with van der Waals surface area (Å²) in [5, 5.41) is 1.15. The van der Waals surface area contributed by atoms with Crippen LogP contribution in [0.1, 0.15) is 53.4 Å². The second kappa shape index (κ2) is 7.42. The van der Waals surface area contributed by atoms with Gasteiger partial charge >= 0.3 is 0 Å². The molecule has 0 atom stereocenters. The third kappa shape index (κ3) is 4.71. The Hall–Kier alpha value is 0.400. The van der Waals surface area contributed by atoms with E-state index in [1.807, 2.05) is 0 Å². The highest BCUT2D eigenvalue weighted by Gasteiger charge is 2.35. The Morgan fingerprint density at radius 1 is 1.11 bits per heavy atom. The molecule has 2 nitrogen and oxygen atoms in total. The summed E-state index contributed by atoms with van der Waals surface area (Å²) in [5.74, 6) is 0. The Kier molecular flexibility index (Phi) is 6.82. The molecule has 0 aliphatic carbocycles. The number of piperazine rings is 1. The summed E-state index contributed by atoms with van der Waals surface area (Å²) < 4.78 is 0. The number of hydrogen-bond acceptors (Lipinski definition) is 2. The zero-order chi connectivity index (χ0) is 14.5. The van der Waals surface area contributed by atoms with Crippen molar-refractivity contribution in [2.24, 2.45) is 5.41 Å². The second-order valence-electron chi connectivity index (χ2n) is 7.08. The van der Waals surface area contributed by atoms with Crippen LogP contribution in [0.2, 0.25) is 0 Å². The lowest BCUT2D eigenvalue weighted by Gasteiger charge is -2.48. The number of hydrogen-bond donors (Lipinski definition) is 0. The SMILES string of the molecule is CCCC(CBr)(CCC)CN1CCN(C)C(C)(C)C1. The Bertz CT molecular complexity index is 259. The molecular formula is C16H33BrN2. The van der Waals surface area contributed by atoms with E-state index in [1.165, 1.54) is 51.9 Å². The Labute approximate surface area is 129 Å². The van der Waals surface area contributed by atoms with Crippen molar-refractivity contribution in [2.75, 3.05) is 38.6 Å². The van der Waals surface area contributed by atoms with Crippen molar-refractivity contribution in [1.82, 2.24) is 9.80 Å². The first-order valence-corrected chi connectivity index (χ1v) is 9.01. The molecule has 1 aliphatic heterocycles. The van der Waals surface area contributed by atoms with Crippen LogP contribution in [0.25, 0.3) is 0 Å². The molecule has 0 bridgehead atoms. The molecule has 3 heteroatoms. The first-order valence-electron chi connectivity index (χ1n) is 7.88. The summed E-state index contributed by atoms with van der Waals surface area (Å²) in [4.78, 5) is 5.20. The molecule has 0 amide bonds. The van der Waals surface area contributed by atoms with Crippen molar-refractivity contribution in [3.63, 3.8) is 0 Å². The van der Waals surface area contributed by atoms with Gasteiger partial charge in [-0.2, -0.15) is 0 Å². The monoisotopic (exact) mass is 332 g/mol. The van der Waals surface area contributed by atoms with Gasteiger partial charge in [-0.15, -0.1) is 0 Å². The van der Waals surface area contributed by atoms with Crippen LogP contribution in [0.5, 0.6) is 0 Å². The van der Waals surface area contributed by atoms with Gasteiger partial charge in [-0.25, -0.2) is 0 Å². The van der Waals surface area contributed by atoms with E-state index in [0.717, 1.165) is 5.33 Å². The molecule has 0 aromatic rings. The summed E-state index contributed by atoms with van der Waals surface area (Å²) in [5.41, 5.74) is 0.796. The molecule has 1 aliphatic rings. The average molecular weight is 333 g/mol. The molecule has 1 fully saturated rings. The van der Waals surface area contributed by atoms with E-state index < -0.39 is 0 Å². The molecule has 0 aromatic carbocycles. The van der Waals surface area contributed by atoms with E-state index >= 15 is 0 Å². The quantitative estimate of drug-likeness (QED) is 0.650. The Morgan fingerprint density at radius 3 is 2.11 bits per heavy atom. The third-order valence-electron chi connectivity index (χ3n) is 4.80. The zero-order valence-electron chi connectivity index (χ0n) is 13.6. The first-order chi connectivity index (χ1) is 8.89. The van der Waals surface area contributed by atoms with Crippen molar-refractivity contribution in [3.8, 4) is 0 Å². The maximum absolute atomic E-state index is 3.81. The molecule has 0 aromatic heterocycles. The number of alkyl halides is 1. The topological polar surface area (TPSA) is 6.48 Å². The molecule has 0 radical (unpaired) electrons. The van der Waals surface area contributed by atoms with Gasteiger partial charge in [0.15, 0.2) is 0 Å². The highest BCUT2D eigenvalue weighted by molar-refractivity contribution is 9.09. The van der Waals surface area contributed by atoms with Crippen LogP contribution in [0.15, 0.2) is 0 Å². The van der Waals surface area contributed by atoms with Crippen molar-refractivity contribution < 1.29 is 0 Å². The van der Waals surface area contributed by atoms with E-state index in [0.29, 0.717) is 11.0 Å². The smallest absolute Gasteiger partial charge is 0.0277 e. The maximum Gasteiger partial charge on any atom is 0.0277 e. The molecular weight excluding hydrogens is 300 g/mol. The van der Waals surface area contributed by atoms with E-state index in [4.69, 9.17) is 0 Å². The summed E-state index contributed by atoms with van der Waals surface area (Å²) in [7, 11) is 2.26. The van der Waals surface area contributed by atoms with Gasteiger partial charge in [0.1, 0.15) is 0 Å². The van der Waals surface area contributed by atoms with Crippen molar-refractivity contribution in [2.45, 2.75) is 58.9 Å². The van der Waals surface area contributed by atoms with Crippen LogP contribution in [0.3, 0.4) is 0 Å². The summed E-state index contributed by atoms with van der Waals surface area (Å²) >= 11 is 3.81. The Balaban J connectivity index is 2.68. The molecule has 19 heavy (non-hydrogen) atoms. The average Bonchev–Trinajstić information content (AvgIpc) is 2.34. The van der Waals surface area contributed by atoms with Crippen LogP contribution < -0.4 is 0 Å². The largest absolute Gasteiger partial charge is 0.300 e. The van der Waals surface area contributed by atoms with E-state index in [2.05, 4.69) is 60.5 Å². The van der Waals surface area contributed by atoms with E-state index in [1.54, 1.807) is 0 Å². The standard InChI is InChI=1S/C16H33BrN2/c1-6-8-16(12-17,9-7-2)14-19-11-10-18(5)15(3,4)13-19/h6-14H2,1-5H3. The van der Waals surface area contributed by atoms with Crippen LogP contribution in [0.4, 0.5) is 0 Å². The fourth-order valence-electron chi connectivity index (χ4n) is 3.47. The van der Waals surface area contributed by atoms with Crippen molar-refractivity contribution in [1.29, 1.82) is 0 Å². The van der Waals surface area contributed by atoms with Crippen LogP contribution in [0, 0.1) is 5.41 Å². The van der Waals surface area contributed by atoms with Gasteiger partial charge in [-0.05, 0) is 39.2 Å². The predicted molar refractivity (Wildman–Crippen MR) is 89.2 cm³/mol. The molecule has 1 rings (SSSR count). The highest BCUT2D eigenvalue weighted by Crippen LogP contribution is 2.34. The fraction of sp³-hybridized carbons (Fsp3) is 1.00. The molecule has 114 valence electrons. The fourth-order valence-corrected chi connectivity index (χ4v) is 4.21. The minimum atomic E-state index is 0.314. The molecule has 1 saturated heterocycles. The molecule has 0 unspecified atom stereocenters. The van der Waals surface area contributed by atoms with E-state index in [-0.39, 0.29) is 0 Å². The van der Waals surface area contributed by atoms with Crippen molar-refractivity contribution in [3.05, 3.63) is 0 Å². The van der Waals surface area contributed by atoms with Gasteiger partial charge in [-0.3, -0.25) is 9.80 Å². The van der Waals surface area contributed by atoms with Crippen LogP contribution in [-0.4, -0.2) is 53.9 Å². The summed E-state index contributed by atoms with van der Waals surface area (Å²) in [6.07, 6.45) is 5.28. The zero-order valence-corrected chi connectivity index (χ0v) is 15.2. The predicted octanol–water partition coefficient (Wildman–Crippen LogP) is 3.99. The number of nitrogens with zero attached hydrogens (tertiary/aromatic N) is 2. The lowest BCUT2D eigenvalue weighted by atomic mass is 9.80. The van der Waals surface area contributed by atoms with Crippen molar-refractivity contribution >= 4 is 15.9 Å². The third-order valence-corrected chi connectivity index (χ3v) is 5.99. The van der Waals surface area contributed by atoms with Gasteiger partial charge < -0.3 is 0 Å². The van der Waals surface area contributed by atoms with Gasteiger partial charge in [0.05, 0.1) is 0 Å². The maximum atomic E-state index is 3.81. The normalized spacial score (nSPS) is 21.8.